The van der Waals surface area contributed by atoms with Gasteiger partial charge in [-0.2, -0.15) is 0 Å². The van der Waals surface area contributed by atoms with Crippen molar-refractivity contribution in [2.24, 2.45) is 10.9 Å². The van der Waals surface area contributed by atoms with E-state index in [9.17, 15) is 0 Å². The van der Waals surface area contributed by atoms with Gasteiger partial charge in [-0.15, -0.1) is 0 Å². The monoisotopic (exact) mass is 403 g/mol. The summed E-state index contributed by atoms with van der Waals surface area (Å²) in [6.45, 7) is 5.44. The van der Waals surface area contributed by atoms with Crippen molar-refractivity contribution in [2.75, 3.05) is 39.4 Å². The lowest BCUT2D eigenvalue weighted by atomic mass is 10.1. The predicted octanol–water partition coefficient (Wildman–Crippen LogP) is 3.62. The molecule has 6 nitrogen and oxygen atoms in total. The van der Waals surface area contributed by atoms with E-state index in [0.717, 1.165) is 89.1 Å². The standard InChI is InChI=1S/C23H37N3O3/c1-2-6-19(5-1)18-29-21-10-13-26(14-11-21)23(25-17-22-8-4-16-28-22)24-12-9-20-7-3-15-27-20/h3,7,15,19,21-22H,1-2,4-6,8-14,16-18H2,(H,24,25). The summed E-state index contributed by atoms with van der Waals surface area (Å²) in [4.78, 5) is 7.31. The van der Waals surface area contributed by atoms with Crippen LogP contribution in [0.15, 0.2) is 27.8 Å². The molecule has 1 atom stereocenters. The molecule has 3 heterocycles. The molecule has 0 aromatic carbocycles. The van der Waals surface area contributed by atoms with Crippen LogP contribution in [0.1, 0.15) is 57.1 Å². The van der Waals surface area contributed by atoms with Crippen LogP contribution in [0.25, 0.3) is 0 Å². The number of hydrogen-bond acceptors (Lipinski definition) is 4. The Balaban J connectivity index is 1.25. The molecule has 1 aromatic heterocycles. The van der Waals surface area contributed by atoms with Crippen molar-refractivity contribution >= 4 is 5.96 Å². The van der Waals surface area contributed by atoms with E-state index in [-0.39, 0.29) is 6.10 Å². The summed E-state index contributed by atoms with van der Waals surface area (Å²) in [6, 6.07) is 3.97. The fraction of sp³-hybridized carbons (Fsp3) is 0.783. The Morgan fingerprint density at radius 2 is 2.00 bits per heavy atom. The minimum Gasteiger partial charge on any atom is -0.469 e. The van der Waals surface area contributed by atoms with E-state index < -0.39 is 0 Å². The van der Waals surface area contributed by atoms with Gasteiger partial charge in [0.05, 0.1) is 25.0 Å². The second-order valence-corrected chi connectivity index (χ2v) is 8.73. The van der Waals surface area contributed by atoms with Crippen LogP contribution in [0.3, 0.4) is 0 Å². The topological polar surface area (TPSA) is 59.2 Å². The smallest absolute Gasteiger partial charge is 0.194 e. The lowest BCUT2D eigenvalue weighted by Gasteiger charge is -2.34. The van der Waals surface area contributed by atoms with Gasteiger partial charge in [-0.05, 0) is 56.6 Å². The predicted molar refractivity (Wildman–Crippen MR) is 114 cm³/mol. The third kappa shape index (κ3) is 6.48. The number of furan rings is 1. The summed E-state index contributed by atoms with van der Waals surface area (Å²) in [7, 11) is 0. The van der Waals surface area contributed by atoms with Crippen LogP contribution in [0, 0.1) is 5.92 Å². The van der Waals surface area contributed by atoms with Crippen molar-refractivity contribution in [2.45, 2.75) is 70.0 Å². The fourth-order valence-electron chi connectivity index (χ4n) is 4.68. The molecule has 1 unspecified atom stereocenters. The van der Waals surface area contributed by atoms with Crippen LogP contribution in [0.2, 0.25) is 0 Å². The summed E-state index contributed by atoms with van der Waals surface area (Å²) < 4.78 is 17.5. The zero-order chi connectivity index (χ0) is 19.7. The van der Waals surface area contributed by atoms with E-state index in [1.807, 2.05) is 12.1 Å². The molecule has 1 aromatic rings. The van der Waals surface area contributed by atoms with Crippen LogP contribution in [0.4, 0.5) is 0 Å². The molecule has 3 fully saturated rings. The highest BCUT2D eigenvalue weighted by molar-refractivity contribution is 5.80. The average molecular weight is 404 g/mol. The van der Waals surface area contributed by atoms with Crippen LogP contribution < -0.4 is 5.32 Å². The maximum absolute atomic E-state index is 6.25. The van der Waals surface area contributed by atoms with Crippen molar-refractivity contribution in [3.8, 4) is 0 Å². The Bertz CT molecular complexity index is 599. The Kier molecular flexibility index (Phi) is 7.88. The van der Waals surface area contributed by atoms with Crippen molar-refractivity contribution in [3.63, 3.8) is 0 Å². The number of aliphatic imine (C=N–C) groups is 1. The van der Waals surface area contributed by atoms with Gasteiger partial charge in [0.25, 0.3) is 0 Å². The fourth-order valence-corrected chi connectivity index (χ4v) is 4.68. The number of likely N-dealkylation sites (tertiary alicyclic amines) is 1. The Morgan fingerprint density at radius 1 is 1.14 bits per heavy atom. The molecule has 0 bridgehead atoms. The van der Waals surface area contributed by atoms with Gasteiger partial charge in [0.2, 0.25) is 0 Å². The van der Waals surface area contributed by atoms with Crippen LogP contribution in [-0.2, 0) is 15.9 Å². The maximum atomic E-state index is 6.25. The number of hydrogen-bond donors (Lipinski definition) is 1. The Labute approximate surface area is 175 Å². The number of guanidine groups is 1. The van der Waals surface area contributed by atoms with Gasteiger partial charge in [-0.25, -0.2) is 0 Å². The molecule has 2 aliphatic heterocycles. The number of rotatable bonds is 8. The molecule has 0 amide bonds. The normalized spacial score (nSPS) is 24.5. The van der Waals surface area contributed by atoms with Crippen LogP contribution in [0.5, 0.6) is 0 Å². The van der Waals surface area contributed by atoms with Crippen LogP contribution in [-0.4, -0.2) is 62.5 Å². The molecule has 0 radical (unpaired) electrons. The summed E-state index contributed by atoms with van der Waals surface area (Å²) in [5, 5.41) is 3.56. The molecule has 1 N–H and O–H groups in total. The first-order chi connectivity index (χ1) is 14.4. The number of nitrogens with zero attached hydrogens (tertiary/aromatic N) is 2. The van der Waals surface area contributed by atoms with E-state index >= 15 is 0 Å². The third-order valence-electron chi connectivity index (χ3n) is 6.49. The zero-order valence-corrected chi connectivity index (χ0v) is 17.7. The molecule has 4 rings (SSSR count). The highest BCUT2D eigenvalue weighted by atomic mass is 16.5. The lowest BCUT2D eigenvalue weighted by molar-refractivity contribution is 0.000959. The summed E-state index contributed by atoms with van der Waals surface area (Å²) >= 11 is 0. The largest absolute Gasteiger partial charge is 0.469 e. The summed E-state index contributed by atoms with van der Waals surface area (Å²) in [6.07, 6.45) is 13.3. The van der Waals surface area contributed by atoms with Gasteiger partial charge < -0.3 is 24.1 Å². The lowest BCUT2D eigenvalue weighted by Crippen LogP contribution is -2.48. The molecule has 6 heteroatoms. The second-order valence-electron chi connectivity index (χ2n) is 8.73. The van der Waals surface area contributed by atoms with Crippen molar-refractivity contribution < 1.29 is 13.9 Å². The highest BCUT2D eigenvalue weighted by Gasteiger charge is 2.24. The SMILES string of the molecule is c1coc(CCNC(=NCC2CCCO2)N2CCC(OCC3CCCC3)CC2)c1. The van der Waals surface area contributed by atoms with Gasteiger partial charge in [0.15, 0.2) is 5.96 Å². The molecule has 2 saturated heterocycles. The van der Waals surface area contributed by atoms with E-state index in [0.29, 0.717) is 6.10 Å². The first-order valence-corrected chi connectivity index (χ1v) is 11.7. The van der Waals surface area contributed by atoms with Gasteiger partial charge >= 0.3 is 0 Å². The van der Waals surface area contributed by atoms with Crippen molar-refractivity contribution in [1.29, 1.82) is 0 Å². The number of ether oxygens (including phenoxy) is 2. The maximum Gasteiger partial charge on any atom is 0.194 e. The molecule has 29 heavy (non-hydrogen) atoms. The molecule has 3 aliphatic rings. The van der Waals surface area contributed by atoms with E-state index in [2.05, 4.69) is 10.2 Å². The second kappa shape index (κ2) is 11.0. The van der Waals surface area contributed by atoms with Gasteiger partial charge in [0, 0.05) is 39.3 Å². The summed E-state index contributed by atoms with van der Waals surface area (Å²) in [5.74, 6) is 2.83. The molecule has 1 aliphatic carbocycles. The Hall–Kier alpha value is -1.53. The van der Waals surface area contributed by atoms with Crippen LogP contribution >= 0.6 is 0 Å². The third-order valence-corrected chi connectivity index (χ3v) is 6.49. The molecular weight excluding hydrogens is 366 g/mol. The van der Waals surface area contributed by atoms with E-state index in [4.69, 9.17) is 18.9 Å². The Morgan fingerprint density at radius 3 is 2.72 bits per heavy atom. The molecule has 1 saturated carbocycles. The molecule has 0 spiro atoms. The molecular formula is C23H37N3O3. The summed E-state index contributed by atoms with van der Waals surface area (Å²) in [5.41, 5.74) is 0. The first kappa shape index (κ1) is 20.7. The van der Waals surface area contributed by atoms with Crippen molar-refractivity contribution in [3.05, 3.63) is 24.2 Å². The van der Waals surface area contributed by atoms with Gasteiger partial charge in [-0.1, -0.05) is 12.8 Å². The van der Waals surface area contributed by atoms with E-state index in [1.165, 1.54) is 25.7 Å². The quantitative estimate of drug-likeness (QED) is 0.531. The molecule has 162 valence electrons. The number of nitrogens with one attached hydrogen (secondary N) is 1. The number of piperidine rings is 1. The highest BCUT2D eigenvalue weighted by Crippen LogP contribution is 2.26. The average Bonchev–Trinajstić information content (AvgIpc) is 3.53. The van der Waals surface area contributed by atoms with E-state index in [1.54, 1.807) is 6.26 Å². The minimum absolute atomic E-state index is 0.282. The van der Waals surface area contributed by atoms with Crippen molar-refractivity contribution in [1.82, 2.24) is 10.2 Å². The van der Waals surface area contributed by atoms with Gasteiger partial charge in [-0.3, -0.25) is 4.99 Å². The van der Waals surface area contributed by atoms with Gasteiger partial charge in [0.1, 0.15) is 5.76 Å². The first-order valence-electron chi connectivity index (χ1n) is 11.7. The zero-order valence-electron chi connectivity index (χ0n) is 17.7. The minimum atomic E-state index is 0.282.